The van der Waals surface area contributed by atoms with E-state index in [2.05, 4.69) is 49.8 Å². The average molecular weight is 436 g/mol. The number of hydrogen-bond acceptors (Lipinski definition) is 4. The Morgan fingerprint density at radius 3 is 2.62 bits per heavy atom. The van der Waals surface area contributed by atoms with Crippen LogP contribution in [0.5, 0.6) is 0 Å². The van der Waals surface area contributed by atoms with Gasteiger partial charge in [-0.3, -0.25) is 4.79 Å². The molecule has 1 aromatic heterocycles. The molecule has 2 saturated carbocycles. The molecule has 2 aromatic rings. The maximum absolute atomic E-state index is 13.2. The fourth-order valence-electron chi connectivity index (χ4n) is 4.98. The summed E-state index contributed by atoms with van der Waals surface area (Å²) in [7, 11) is 0. The number of aromatic nitrogens is 2. The highest BCUT2D eigenvalue weighted by molar-refractivity contribution is 5.88. The van der Waals surface area contributed by atoms with Gasteiger partial charge >= 0.3 is 5.97 Å². The molecule has 170 valence electrons. The molecule has 32 heavy (non-hydrogen) atoms. The second kappa shape index (κ2) is 8.71. The van der Waals surface area contributed by atoms with E-state index in [4.69, 9.17) is 0 Å². The molecule has 5 atom stereocenters. The standard InChI is InChI=1S/C26H33N3O3/c1-5-18(10-11-26(2,3)4)27-19-13-16-12-17(16)14-20(15-19)29-22-9-7-6-8-21(22)28-23(24(29)30)25(31)32/h6-9,16-20,27H,5,12-15H2,1-4H3,(H,31,32)/t16?,17-,18?,19-,20-/m0/s1. The quantitative estimate of drug-likeness (QED) is 0.686. The number of nitrogens with zero attached hydrogens (tertiary/aromatic N) is 2. The van der Waals surface area contributed by atoms with Crippen molar-refractivity contribution in [1.29, 1.82) is 0 Å². The Morgan fingerprint density at radius 2 is 1.94 bits per heavy atom. The molecule has 2 aliphatic rings. The normalized spacial score (nSPS) is 25.9. The molecule has 6 nitrogen and oxygen atoms in total. The number of carbonyl (C=O) groups is 1. The van der Waals surface area contributed by atoms with Gasteiger partial charge in [0, 0.05) is 17.5 Å². The molecule has 2 N–H and O–H groups in total. The zero-order valence-electron chi connectivity index (χ0n) is 19.4. The van der Waals surface area contributed by atoms with Crippen LogP contribution in [0.3, 0.4) is 0 Å². The van der Waals surface area contributed by atoms with Gasteiger partial charge in [0.1, 0.15) is 0 Å². The Balaban J connectivity index is 1.69. The summed E-state index contributed by atoms with van der Waals surface area (Å²) in [4.78, 5) is 29.1. The third-order valence-corrected chi connectivity index (χ3v) is 6.62. The first-order valence-electron chi connectivity index (χ1n) is 11.7. The zero-order valence-corrected chi connectivity index (χ0v) is 19.4. The van der Waals surface area contributed by atoms with Crippen LogP contribution < -0.4 is 10.9 Å². The van der Waals surface area contributed by atoms with Gasteiger partial charge in [0.05, 0.1) is 17.1 Å². The number of hydrogen-bond donors (Lipinski definition) is 2. The summed E-state index contributed by atoms with van der Waals surface area (Å²) in [5.41, 5.74) is 0.322. The van der Waals surface area contributed by atoms with Crippen molar-refractivity contribution in [1.82, 2.24) is 14.9 Å². The Morgan fingerprint density at radius 1 is 1.22 bits per heavy atom. The Labute approximate surface area is 189 Å². The molecule has 0 spiro atoms. The molecule has 6 heteroatoms. The number of nitrogens with one attached hydrogen (secondary N) is 1. The van der Waals surface area contributed by atoms with Crippen molar-refractivity contribution in [3.63, 3.8) is 0 Å². The van der Waals surface area contributed by atoms with Crippen molar-refractivity contribution in [2.45, 2.75) is 77.9 Å². The van der Waals surface area contributed by atoms with Crippen molar-refractivity contribution >= 4 is 17.0 Å². The summed E-state index contributed by atoms with van der Waals surface area (Å²) in [6.45, 7) is 8.49. The Kier molecular flexibility index (Phi) is 6.13. The topological polar surface area (TPSA) is 84.2 Å². The predicted octanol–water partition coefficient (Wildman–Crippen LogP) is 4.24. The van der Waals surface area contributed by atoms with Crippen molar-refractivity contribution < 1.29 is 9.90 Å². The van der Waals surface area contributed by atoms with Gasteiger partial charge in [-0.1, -0.05) is 30.9 Å². The molecule has 2 fully saturated rings. The first kappa shape index (κ1) is 22.5. The van der Waals surface area contributed by atoms with Crippen molar-refractivity contribution in [3.8, 4) is 11.8 Å². The molecule has 0 radical (unpaired) electrons. The SMILES string of the molecule is CCC(C#CC(C)(C)C)N[C@H]1CC2C[C@H]2C[C@H](n2c(=O)c(C(=O)O)nc3ccccc32)C1. The largest absolute Gasteiger partial charge is 0.476 e. The second-order valence-electron chi connectivity index (χ2n) is 10.4. The summed E-state index contributed by atoms with van der Waals surface area (Å²) < 4.78 is 1.71. The minimum Gasteiger partial charge on any atom is -0.476 e. The van der Waals surface area contributed by atoms with Crippen LogP contribution in [0.4, 0.5) is 0 Å². The minimum atomic E-state index is -1.27. The lowest BCUT2D eigenvalue weighted by atomic mass is 9.96. The Bertz CT molecular complexity index is 1130. The van der Waals surface area contributed by atoms with Crippen LogP contribution in [0.2, 0.25) is 0 Å². The summed E-state index contributed by atoms with van der Waals surface area (Å²) in [5.74, 6) is 6.76. The molecule has 0 saturated heterocycles. The molecular weight excluding hydrogens is 402 g/mol. The minimum absolute atomic E-state index is 0.0425. The number of fused-ring (bicyclic) bond motifs is 2. The maximum atomic E-state index is 13.2. The van der Waals surface area contributed by atoms with E-state index in [1.54, 1.807) is 10.6 Å². The van der Waals surface area contributed by atoms with Crippen LogP contribution >= 0.6 is 0 Å². The van der Waals surface area contributed by atoms with Crippen LogP contribution in [0, 0.1) is 29.1 Å². The van der Waals surface area contributed by atoms with Gasteiger partial charge in [-0.25, -0.2) is 9.78 Å². The smallest absolute Gasteiger partial charge is 0.360 e. The fourth-order valence-corrected chi connectivity index (χ4v) is 4.98. The Hall–Kier alpha value is -2.65. The highest BCUT2D eigenvalue weighted by atomic mass is 16.4. The van der Waals surface area contributed by atoms with Gasteiger partial charge in [-0.15, -0.1) is 0 Å². The van der Waals surface area contributed by atoms with Crippen LogP contribution in [0.15, 0.2) is 29.1 Å². The molecule has 1 aromatic carbocycles. The summed E-state index contributed by atoms with van der Waals surface area (Å²) in [5, 5.41) is 13.3. The number of rotatable bonds is 5. The monoisotopic (exact) mass is 435 g/mol. The number of carboxylic acids is 1. The zero-order chi connectivity index (χ0) is 23.0. The highest BCUT2D eigenvalue weighted by Gasteiger charge is 2.44. The van der Waals surface area contributed by atoms with Gasteiger partial charge < -0.3 is 15.0 Å². The number of benzene rings is 1. The lowest BCUT2D eigenvalue weighted by molar-refractivity contribution is 0.0687. The van der Waals surface area contributed by atoms with E-state index in [0.29, 0.717) is 22.9 Å². The average Bonchev–Trinajstić information content (AvgIpc) is 3.47. The van der Waals surface area contributed by atoms with E-state index < -0.39 is 17.2 Å². The van der Waals surface area contributed by atoms with Gasteiger partial charge in [0.25, 0.3) is 5.56 Å². The molecule has 4 rings (SSSR count). The van der Waals surface area contributed by atoms with E-state index in [-0.39, 0.29) is 23.5 Å². The molecule has 0 aliphatic heterocycles. The highest BCUT2D eigenvalue weighted by Crippen LogP contribution is 2.51. The van der Waals surface area contributed by atoms with Crippen LogP contribution in [-0.2, 0) is 0 Å². The lowest BCUT2D eigenvalue weighted by Gasteiger charge is -2.27. The van der Waals surface area contributed by atoms with Gasteiger partial charge in [0.15, 0.2) is 0 Å². The first-order chi connectivity index (χ1) is 15.2. The molecule has 2 unspecified atom stereocenters. The van der Waals surface area contributed by atoms with E-state index in [0.717, 1.165) is 25.7 Å². The van der Waals surface area contributed by atoms with E-state index in [1.165, 1.54) is 6.42 Å². The van der Waals surface area contributed by atoms with Crippen LogP contribution in [-0.4, -0.2) is 32.7 Å². The number of aromatic carboxylic acids is 1. The second-order valence-corrected chi connectivity index (χ2v) is 10.4. The fraction of sp³-hybridized carbons (Fsp3) is 0.577. The van der Waals surface area contributed by atoms with Gasteiger partial charge in [0.2, 0.25) is 5.69 Å². The van der Waals surface area contributed by atoms with Crippen LogP contribution in [0.1, 0.15) is 76.3 Å². The molecule has 0 amide bonds. The molecule has 1 heterocycles. The lowest BCUT2D eigenvalue weighted by Crippen LogP contribution is -2.40. The maximum Gasteiger partial charge on any atom is 0.360 e. The molecule has 0 bridgehead atoms. The van der Waals surface area contributed by atoms with Crippen molar-refractivity contribution in [2.24, 2.45) is 17.3 Å². The summed E-state index contributed by atoms with van der Waals surface area (Å²) in [6.07, 6.45) is 4.87. The van der Waals surface area contributed by atoms with E-state index >= 15 is 0 Å². The van der Waals surface area contributed by atoms with Crippen molar-refractivity contribution in [2.75, 3.05) is 0 Å². The van der Waals surface area contributed by atoms with Gasteiger partial charge in [-0.2, -0.15) is 0 Å². The van der Waals surface area contributed by atoms with E-state index in [1.807, 2.05) is 18.2 Å². The number of carboxylic acid groups (broad SMARTS) is 1. The molecular formula is C26H33N3O3. The number of para-hydroxylation sites is 2. The predicted molar refractivity (Wildman–Crippen MR) is 126 cm³/mol. The third kappa shape index (κ3) is 4.88. The molecule has 2 aliphatic carbocycles. The summed E-state index contributed by atoms with van der Waals surface area (Å²) >= 11 is 0. The van der Waals surface area contributed by atoms with Crippen LogP contribution in [0.25, 0.3) is 11.0 Å². The summed E-state index contributed by atoms with van der Waals surface area (Å²) in [6, 6.07) is 7.64. The van der Waals surface area contributed by atoms with Crippen molar-refractivity contribution in [3.05, 3.63) is 40.3 Å². The first-order valence-corrected chi connectivity index (χ1v) is 11.7. The van der Waals surface area contributed by atoms with E-state index in [9.17, 15) is 14.7 Å². The third-order valence-electron chi connectivity index (χ3n) is 6.62. The van der Waals surface area contributed by atoms with Gasteiger partial charge in [-0.05, 0) is 76.8 Å².